The van der Waals surface area contributed by atoms with Gasteiger partial charge >= 0.3 is 0 Å². The minimum Gasteiger partial charge on any atom is -0.346 e. The number of hydrogen-bond donors (Lipinski definition) is 1. The lowest BCUT2D eigenvalue weighted by molar-refractivity contribution is -0.117. The Kier molecular flexibility index (Phi) is 8.31. The number of piperidine rings is 2. The number of likely N-dealkylation sites (tertiary alicyclic amines) is 2. The van der Waals surface area contributed by atoms with Gasteiger partial charge in [-0.15, -0.1) is 11.3 Å². The van der Waals surface area contributed by atoms with Crippen LogP contribution in [0.4, 0.5) is 5.69 Å². The largest absolute Gasteiger partial charge is 0.346 e. The highest BCUT2D eigenvalue weighted by Crippen LogP contribution is 2.28. The van der Waals surface area contributed by atoms with Crippen molar-refractivity contribution in [2.75, 3.05) is 37.6 Å². The topological polar surface area (TPSA) is 73.0 Å². The summed E-state index contributed by atoms with van der Waals surface area (Å²) in [5, 5.41) is 2.99. The Morgan fingerprint density at radius 1 is 1.05 bits per heavy atom. The lowest BCUT2D eigenvalue weighted by atomic mass is 9.98. The van der Waals surface area contributed by atoms with Crippen LogP contribution in [0.2, 0.25) is 0 Å². The Hall–Kier alpha value is -2.23. The average molecular weight is 588 g/mol. The molecule has 2 aromatic rings. The van der Waals surface area contributed by atoms with Gasteiger partial charge in [0.05, 0.1) is 14.7 Å². The first kappa shape index (κ1) is 26.4. The summed E-state index contributed by atoms with van der Waals surface area (Å²) in [6.07, 6.45) is 7.39. The predicted octanol–water partition coefficient (Wildman–Crippen LogP) is 4.83. The van der Waals surface area contributed by atoms with Gasteiger partial charge in [0.1, 0.15) is 0 Å². The summed E-state index contributed by atoms with van der Waals surface area (Å²) in [7, 11) is 0. The first-order chi connectivity index (χ1) is 17.9. The van der Waals surface area contributed by atoms with Crippen molar-refractivity contribution in [1.82, 2.24) is 15.1 Å². The van der Waals surface area contributed by atoms with Crippen molar-refractivity contribution in [1.29, 1.82) is 0 Å². The van der Waals surface area contributed by atoms with Crippen LogP contribution < -0.4 is 10.2 Å². The molecule has 1 aromatic heterocycles. The number of carbonyl (C=O) groups is 3. The molecule has 1 aromatic carbocycles. The minimum atomic E-state index is -0.244. The molecule has 3 fully saturated rings. The lowest BCUT2D eigenvalue weighted by Gasteiger charge is -2.40. The third kappa shape index (κ3) is 6.10. The van der Waals surface area contributed by atoms with Crippen molar-refractivity contribution in [3.8, 4) is 0 Å². The molecule has 9 heteroatoms. The maximum absolute atomic E-state index is 13.7. The average Bonchev–Trinajstić information content (AvgIpc) is 3.49. The van der Waals surface area contributed by atoms with Crippen LogP contribution >= 0.6 is 27.3 Å². The van der Waals surface area contributed by atoms with Gasteiger partial charge < -0.3 is 20.0 Å². The van der Waals surface area contributed by atoms with E-state index >= 15 is 0 Å². The SMILES string of the molecule is Cc1cc(N2CC(NC(=O)c3ccc(Br)s3)CC2=O)ccc1C(=O)N1CCCCC1CN1CCCCC1. The number of nitrogens with one attached hydrogen (secondary N) is 1. The quantitative estimate of drug-likeness (QED) is 0.526. The van der Waals surface area contributed by atoms with E-state index in [0.29, 0.717) is 17.0 Å². The van der Waals surface area contributed by atoms with Crippen LogP contribution in [0.25, 0.3) is 0 Å². The summed E-state index contributed by atoms with van der Waals surface area (Å²) in [5.41, 5.74) is 2.38. The molecule has 198 valence electrons. The molecule has 3 amide bonds. The zero-order valence-corrected chi connectivity index (χ0v) is 23.8. The highest BCUT2D eigenvalue weighted by atomic mass is 79.9. The molecule has 0 radical (unpaired) electrons. The summed E-state index contributed by atoms with van der Waals surface area (Å²) < 4.78 is 0.897. The third-order valence-electron chi connectivity index (χ3n) is 7.81. The fourth-order valence-electron chi connectivity index (χ4n) is 5.85. The van der Waals surface area contributed by atoms with E-state index in [-0.39, 0.29) is 36.2 Å². The first-order valence-corrected chi connectivity index (χ1v) is 15.0. The van der Waals surface area contributed by atoms with Crippen LogP contribution in [-0.4, -0.2) is 72.3 Å². The first-order valence-electron chi connectivity index (χ1n) is 13.4. The molecule has 7 nitrogen and oxygen atoms in total. The van der Waals surface area contributed by atoms with Gasteiger partial charge in [0.15, 0.2) is 0 Å². The Bertz CT molecular complexity index is 1160. The number of carbonyl (C=O) groups excluding carboxylic acids is 3. The molecular weight excluding hydrogens is 552 g/mol. The number of thiophene rings is 1. The molecule has 4 heterocycles. The Balaban J connectivity index is 1.24. The van der Waals surface area contributed by atoms with Crippen LogP contribution in [0.15, 0.2) is 34.1 Å². The number of nitrogens with zero attached hydrogens (tertiary/aromatic N) is 3. The highest BCUT2D eigenvalue weighted by Gasteiger charge is 2.33. The van der Waals surface area contributed by atoms with E-state index in [2.05, 4.69) is 31.0 Å². The maximum atomic E-state index is 13.7. The van der Waals surface area contributed by atoms with Gasteiger partial charge in [0.2, 0.25) is 5.91 Å². The van der Waals surface area contributed by atoms with E-state index in [9.17, 15) is 14.4 Å². The molecule has 37 heavy (non-hydrogen) atoms. The fraction of sp³-hybridized carbons (Fsp3) is 0.536. The zero-order chi connectivity index (χ0) is 25.9. The number of rotatable bonds is 6. The molecular formula is C28H35BrN4O3S. The smallest absolute Gasteiger partial charge is 0.261 e. The van der Waals surface area contributed by atoms with Crippen molar-refractivity contribution < 1.29 is 14.4 Å². The number of amides is 3. The van der Waals surface area contributed by atoms with E-state index < -0.39 is 0 Å². The second-order valence-electron chi connectivity index (χ2n) is 10.5. The molecule has 3 aliphatic heterocycles. The maximum Gasteiger partial charge on any atom is 0.261 e. The van der Waals surface area contributed by atoms with Crippen molar-refractivity contribution in [3.05, 3.63) is 50.1 Å². The van der Waals surface area contributed by atoms with Gasteiger partial charge in [-0.25, -0.2) is 0 Å². The van der Waals surface area contributed by atoms with E-state index in [0.717, 1.165) is 54.1 Å². The van der Waals surface area contributed by atoms with Crippen LogP contribution in [0.5, 0.6) is 0 Å². The predicted molar refractivity (Wildman–Crippen MR) is 150 cm³/mol. The van der Waals surface area contributed by atoms with Gasteiger partial charge in [0.25, 0.3) is 11.8 Å². The molecule has 0 aliphatic carbocycles. The Morgan fingerprint density at radius 3 is 2.57 bits per heavy atom. The van der Waals surface area contributed by atoms with Crippen molar-refractivity contribution >= 4 is 50.7 Å². The summed E-state index contributed by atoms with van der Waals surface area (Å²) in [4.78, 5) is 46.0. The monoisotopic (exact) mass is 586 g/mol. The number of aryl methyl sites for hydroxylation is 1. The Morgan fingerprint density at radius 2 is 1.84 bits per heavy atom. The molecule has 3 aliphatic rings. The van der Waals surface area contributed by atoms with Gasteiger partial charge in [-0.05, 0) is 104 Å². The second kappa shape index (κ2) is 11.7. The third-order valence-corrected chi connectivity index (χ3v) is 9.44. The van der Waals surface area contributed by atoms with E-state index in [4.69, 9.17) is 0 Å². The molecule has 2 unspecified atom stereocenters. The van der Waals surface area contributed by atoms with Crippen LogP contribution in [0.3, 0.4) is 0 Å². The van der Waals surface area contributed by atoms with Crippen molar-refractivity contribution in [3.63, 3.8) is 0 Å². The molecule has 3 saturated heterocycles. The van der Waals surface area contributed by atoms with Crippen LogP contribution in [-0.2, 0) is 4.79 Å². The normalized spacial score (nSPS) is 22.9. The molecule has 5 rings (SSSR count). The second-order valence-corrected chi connectivity index (χ2v) is 13.0. The van der Waals surface area contributed by atoms with E-state index in [1.54, 1.807) is 11.0 Å². The number of benzene rings is 1. The number of anilines is 1. The summed E-state index contributed by atoms with van der Waals surface area (Å²) in [5.74, 6) is -0.0763. The number of hydrogen-bond acceptors (Lipinski definition) is 5. The Labute approximate surface area is 231 Å². The van der Waals surface area contributed by atoms with Gasteiger partial charge in [-0.1, -0.05) is 6.42 Å². The van der Waals surface area contributed by atoms with E-state index in [1.807, 2.05) is 31.2 Å². The molecule has 0 bridgehead atoms. The standard InChI is InChI=1S/C28H35BrN4O3S/c1-19-15-21(33-17-20(16-26(33)34)30-27(35)24-10-11-25(29)37-24)8-9-23(19)28(36)32-14-6-3-7-22(32)18-31-12-4-2-5-13-31/h8-11,15,20,22H,2-7,12-14,16-18H2,1H3,(H,30,35). The minimum absolute atomic E-state index is 0.0197. The van der Waals surface area contributed by atoms with Crippen LogP contribution in [0, 0.1) is 6.92 Å². The fourth-order valence-corrected chi connectivity index (χ4v) is 7.14. The number of halogens is 1. The van der Waals surface area contributed by atoms with Gasteiger partial charge in [-0.2, -0.15) is 0 Å². The molecule has 2 atom stereocenters. The highest BCUT2D eigenvalue weighted by molar-refractivity contribution is 9.11. The summed E-state index contributed by atoms with van der Waals surface area (Å²) in [6, 6.07) is 9.34. The molecule has 0 saturated carbocycles. The van der Waals surface area contributed by atoms with Gasteiger partial charge in [0, 0.05) is 43.3 Å². The summed E-state index contributed by atoms with van der Waals surface area (Å²) >= 11 is 4.76. The molecule has 1 N–H and O–H groups in total. The van der Waals surface area contributed by atoms with Crippen LogP contribution in [0.1, 0.15) is 70.5 Å². The molecule has 0 spiro atoms. The summed E-state index contributed by atoms with van der Waals surface area (Å²) in [6.45, 7) is 6.44. The van der Waals surface area contributed by atoms with Crippen molar-refractivity contribution in [2.24, 2.45) is 0 Å². The van der Waals surface area contributed by atoms with Gasteiger partial charge in [-0.3, -0.25) is 14.4 Å². The lowest BCUT2D eigenvalue weighted by Crippen LogP contribution is -2.50. The zero-order valence-electron chi connectivity index (χ0n) is 21.4. The van der Waals surface area contributed by atoms with E-state index in [1.165, 1.54) is 37.0 Å². The van der Waals surface area contributed by atoms with Crippen molar-refractivity contribution in [2.45, 2.75) is 64.0 Å².